The highest BCUT2D eigenvalue weighted by Gasteiger charge is 2.23. The van der Waals surface area contributed by atoms with E-state index in [0.717, 1.165) is 22.3 Å². The molecule has 0 bridgehead atoms. The molecule has 1 unspecified atom stereocenters. The van der Waals surface area contributed by atoms with Crippen LogP contribution in [0.4, 0.5) is 0 Å². The molecule has 0 saturated heterocycles. The maximum absolute atomic E-state index is 12.7. The maximum Gasteiger partial charge on any atom is 0.164 e. The lowest BCUT2D eigenvalue weighted by atomic mass is 9.99. The van der Waals surface area contributed by atoms with Gasteiger partial charge < -0.3 is 0 Å². The van der Waals surface area contributed by atoms with Gasteiger partial charge in [0.2, 0.25) is 0 Å². The van der Waals surface area contributed by atoms with Crippen LogP contribution in [0.15, 0.2) is 42.0 Å². The second kappa shape index (κ2) is 6.40. The maximum atomic E-state index is 12.7. The highest BCUT2D eigenvalue weighted by molar-refractivity contribution is 7.09. The van der Waals surface area contributed by atoms with Crippen LogP contribution in [0.25, 0.3) is 10.9 Å². The zero-order valence-corrected chi connectivity index (χ0v) is 13.6. The summed E-state index contributed by atoms with van der Waals surface area (Å²) in [6.07, 6.45) is 4.89. The molecule has 114 valence electrons. The van der Waals surface area contributed by atoms with E-state index in [9.17, 15) is 4.79 Å². The summed E-state index contributed by atoms with van der Waals surface area (Å²) in [6.45, 7) is 4.26. The molecule has 1 atom stereocenters. The molecule has 0 spiro atoms. The number of fused-ring (bicyclic) bond motifs is 1. The first-order chi connectivity index (χ1) is 10.6. The fourth-order valence-electron chi connectivity index (χ4n) is 2.58. The molecule has 5 heteroatoms. The number of nitrogens with zero attached hydrogens (tertiary/aromatic N) is 3. The monoisotopic (exact) mass is 313 g/mol. The van der Waals surface area contributed by atoms with E-state index in [-0.39, 0.29) is 11.8 Å². The van der Waals surface area contributed by atoms with Crippen LogP contribution >= 0.6 is 11.3 Å². The van der Waals surface area contributed by atoms with Crippen molar-refractivity contribution in [3.63, 3.8) is 0 Å². The fourth-order valence-corrected chi connectivity index (χ4v) is 3.21. The number of carbonyl (C=O) groups excluding carboxylic acids is 1. The Morgan fingerprint density at radius 3 is 2.82 bits per heavy atom. The number of hydrogen-bond donors (Lipinski definition) is 0. The zero-order chi connectivity index (χ0) is 15.5. The van der Waals surface area contributed by atoms with Gasteiger partial charge in [-0.2, -0.15) is 5.10 Å². The van der Waals surface area contributed by atoms with E-state index >= 15 is 0 Å². The van der Waals surface area contributed by atoms with Gasteiger partial charge in [0.05, 0.1) is 16.9 Å². The predicted octanol–water partition coefficient (Wildman–Crippen LogP) is 3.89. The first-order valence-electron chi connectivity index (χ1n) is 7.48. The summed E-state index contributed by atoms with van der Waals surface area (Å²) >= 11 is 1.53. The summed E-state index contributed by atoms with van der Waals surface area (Å²) < 4.78 is 1.83. The molecule has 4 nitrogen and oxygen atoms in total. The van der Waals surface area contributed by atoms with Crippen LogP contribution in [0, 0.1) is 5.92 Å². The molecule has 2 heterocycles. The number of Topliss-reactive ketones (excluding diaryl/α,β-unsaturated/α-hetero) is 1. The van der Waals surface area contributed by atoms with E-state index in [1.807, 2.05) is 40.5 Å². The van der Waals surface area contributed by atoms with Crippen molar-refractivity contribution >= 4 is 28.0 Å². The molecular formula is C17H19N3OS. The van der Waals surface area contributed by atoms with Crippen molar-refractivity contribution in [2.75, 3.05) is 0 Å². The van der Waals surface area contributed by atoms with Gasteiger partial charge in [-0.05, 0) is 18.4 Å². The van der Waals surface area contributed by atoms with Crippen LogP contribution in [0.5, 0.6) is 0 Å². The van der Waals surface area contributed by atoms with Crippen molar-refractivity contribution < 1.29 is 4.79 Å². The van der Waals surface area contributed by atoms with Crippen molar-refractivity contribution in [3.8, 4) is 0 Å². The Bertz CT molecular complexity index is 728. The van der Waals surface area contributed by atoms with Crippen LogP contribution in [-0.4, -0.2) is 20.5 Å². The summed E-state index contributed by atoms with van der Waals surface area (Å²) in [7, 11) is 0. The Balaban J connectivity index is 1.89. The number of thiazole rings is 1. The molecule has 0 saturated carbocycles. The summed E-state index contributed by atoms with van der Waals surface area (Å²) in [5, 5.41) is 8.44. The molecule has 0 aliphatic carbocycles. The van der Waals surface area contributed by atoms with Crippen LogP contribution < -0.4 is 0 Å². The Kier molecular flexibility index (Phi) is 4.34. The number of carbonyl (C=O) groups is 1. The molecule has 0 radical (unpaired) electrons. The van der Waals surface area contributed by atoms with Gasteiger partial charge in [0, 0.05) is 23.2 Å². The van der Waals surface area contributed by atoms with E-state index in [4.69, 9.17) is 0 Å². The van der Waals surface area contributed by atoms with Crippen molar-refractivity contribution in [1.29, 1.82) is 0 Å². The lowest BCUT2D eigenvalue weighted by Crippen LogP contribution is -2.23. The smallest absolute Gasteiger partial charge is 0.164 e. The Labute approximate surface area is 133 Å². The largest absolute Gasteiger partial charge is 0.297 e. The molecule has 1 aromatic carbocycles. The first kappa shape index (κ1) is 14.9. The predicted molar refractivity (Wildman–Crippen MR) is 89.1 cm³/mol. The van der Waals surface area contributed by atoms with Crippen molar-refractivity contribution in [2.24, 2.45) is 5.92 Å². The SMILES string of the molecule is CC(C)CC(C(=O)Cc1nccs1)n1cc2ccccc2n1. The topological polar surface area (TPSA) is 47.8 Å². The number of aromatic nitrogens is 3. The summed E-state index contributed by atoms with van der Waals surface area (Å²) in [6, 6.07) is 7.73. The number of hydrogen-bond acceptors (Lipinski definition) is 4. The molecule has 0 amide bonds. The van der Waals surface area contributed by atoms with E-state index in [1.54, 1.807) is 6.20 Å². The first-order valence-corrected chi connectivity index (χ1v) is 8.36. The fraction of sp³-hybridized carbons (Fsp3) is 0.353. The Hall–Kier alpha value is -2.01. The molecule has 0 aliphatic heterocycles. The van der Waals surface area contributed by atoms with Gasteiger partial charge in [0.25, 0.3) is 0 Å². The molecule has 0 N–H and O–H groups in total. The summed E-state index contributed by atoms with van der Waals surface area (Å²) in [5.41, 5.74) is 0.929. The lowest BCUT2D eigenvalue weighted by Gasteiger charge is -2.18. The van der Waals surface area contributed by atoms with Crippen LogP contribution in [-0.2, 0) is 11.2 Å². The lowest BCUT2D eigenvalue weighted by molar-refractivity contribution is -0.122. The minimum atomic E-state index is -0.226. The highest BCUT2D eigenvalue weighted by Crippen LogP contribution is 2.23. The van der Waals surface area contributed by atoms with Crippen LogP contribution in [0.1, 0.15) is 31.3 Å². The molecule has 3 rings (SSSR count). The minimum absolute atomic E-state index is 0.177. The number of benzene rings is 1. The highest BCUT2D eigenvalue weighted by atomic mass is 32.1. The third-order valence-electron chi connectivity index (χ3n) is 3.63. The average molecular weight is 313 g/mol. The molecule has 3 aromatic rings. The van der Waals surface area contributed by atoms with Crippen molar-refractivity contribution in [3.05, 3.63) is 47.0 Å². The third kappa shape index (κ3) is 3.25. The van der Waals surface area contributed by atoms with E-state index in [1.165, 1.54) is 11.3 Å². The van der Waals surface area contributed by atoms with Crippen molar-refractivity contribution in [2.45, 2.75) is 32.7 Å². The number of rotatable bonds is 6. The average Bonchev–Trinajstić information content (AvgIpc) is 3.12. The third-order valence-corrected chi connectivity index (χ3v) is 4.41. The van der Waals surface area contributed by atoms with Gasteiger partial charge in [0.15, 0.2) is 5.78 Å². The summed E-state index contributed by atoms with van der Waals surface area (Å²) in [4.78, 5) is 17.0. The zero-order valence-electron chi connectivity index (χ0n) is 12.8. The van der Waals surface area contributed by atoms with Crippen LogP contribution in [0.2, 0.25) is 0 Å². The molecule has 0 aliphatic rings. The molecular weight excluding hydrogens is 294 g/mol. The van der Waals surface area contributed by atoms with E-state index in [2.05, 4.69) is 23.9 Å². The molecule has 22 heavy (non-hydrogen) atoms. The van der Waals surface area contributed by atoms with Gasteiger partial charge in [-0.25, -0.2) is 4.98 Å². The minimum Gasteiger partial charge on any atom is -0.297 e. The number of ketones is 1. The molecule has 0 fully saturated rings. The van der Waals surface area contributed by atoms with Gasteiger partial charge in [-0.3, -0.25) is 9.48 Å². The van der Waals surface area contributed by atoms with Gasteiger partial charge in [-0.1, -0.05) is 32.0 Å². The van der Waals surface area contributed by atoms with E-state index < -0.39 is 0 Å². The second-order valence-corrected chi connectivity index (χ2v) is 6.86. The Morgan fingerprint density at radius 1 is 1.32 bits per heavy atom. The van der Waals surface area contributed by atoms with Gasteiger partial charge in [-0.15, -0.1) is 11.3 Å². The standard InChI is InChI=1S/C17H19N3OS/c1-12(2)9-15(16(21)10-17-18-7-8-22-17)20-11-13-5-3-4-6-14(13)19-20/h3-8,11-12,15H,9-10H2,1-2H3. The van der Waals surface area contributed by atoms with Crippen LogP contribution in [0.3, 0.4) is 0 Å². The van der Waals surface area contributed by atoms with E-state index in [0.29, 0.717) is 12.3 Å². The summed E-state index contributed by atoms with van der Waals surface area (Å²) in [5.74, 6) is 0.606. The normalized spacial score (nSPS) is 12.9. The van der Waals surface area contributed by atoms with Gasteiger partial charge in [0.1, 0.15) is 6.04 Å². The quantitative estimate of drug-likeness (QED) is 0.693. The van der Waals surface area contributed by atoms with Gasteiger partial charge >= 0.3 is 0 Å². The molecule has 2 aromatic heterocycles. The Morgan fingerprint density at radius 2 is 2.14 bits per heavy atom. The van der Waals surface area contributed by atoms with Crippen molar-refractivity contribution in [1.82, 2.24) is 14.8 Å². The second-order valence-electron chi connectivity index (χ2n) is 5.88.